The second kappa shape index (κ2) is 4.74. The monoisotopic (exact) mass is 330 g/mol. The van der Waals surface area contributed by atoms with Gasteiger partial charge in [-0.1, -0.05) is 0 Å². The summed E-state index contributed by atoms with van der Waals surface area (Å²) < 4.78 is 5.81. The molecule has 1 aliphatic carbocycles. The van der Waals surface area contributed by atoms with Gasteiger partial charge in [0.15, 0.2) is 0 Å². The van der Waals surface area contributed by atoms with E-state index >= 15 is 0 Å². The molecule has 1 aromatic heterocycles. The maximum atomic E-state index is 11.2. The van der Waals surface area contributed by atoms with Gasteiger partial charge in [0.05, 0.1) is 18.1 Å². The third-order valence-corrected chi connectivity index (χ3v) is 6.12. The van der Waals surface area contributed by atoms with Gasteiger partial charge >= 0.3 is 5.97 Å². The van der Waals surface area contributed by atoms with E-state index in [0.29, 0.717) is 12.6 Å². The zero-order valence-corrected chi connectivity index (χ0v) is 13.9. The molecule has 2 atom stereocenters. The fourth-order valence-electron chi connectivity index (χ4n) is 4.31. The molecule has 5 rings (SSSR count). The van der Waals surface area contributed by atoms with Gasteiger partial charge in [0.2, 0.25) is 11.8 Å². The molecule has 0 amide bonds. The largest absolute Gasteiger partial charge is 0.481 e. The van der Waals surface area contributed by atoms with Crippen molar-refractivity contribution in [3.8, 4) is 5.88 Å². The number of carboxylic acids is 1. The van der Waals surface area contributed by atoms with Crippen molar-refractivity contribution in [3.05, 3.63) is 5.56 Å². The smallest absolute Gasteiger partial charge is 0.307 e. The van der Waals surface area contributed by atoms with E-state index in [0.717, 1.165) is 62.1 Å². The Bertz CT molecular complexity index is 716. The van der Waals surface area contributed by atoms with Gasteiger partial charge in [-0.2, -0.15) is 9.97 Å². The lowest BCUT2D eigenvalue weighted by Crippen LogP contribution is -2.52. The van der Waals surface area contributed by atoms with E-state index in [1.165, 1.54) is 6.42 Å². The van der Waals surface area contributed by atoms with Gasteiger partial charge in [0.25, 0.3) is 0 Å². The Labute approximate surface area is 140 Å². The molecule has 2 saturated heterocycles. The Morgan fingerprint density at radius 3 is 2.83 bits per heavy atom. The third kappa shape index (κ3) is 1.93. The highest BCUT2D eigenvalue weighted by Gasteiger charge is 2.65. The first kappa shape index (κ1) is 14.3. The number of anilines is 2. The zero-order valence-electron chi connectivity index (χ0n) is 13.9. The number of rotatable bonds is 3. The van der Waals surface area contributed by atoms with Crippen molar-refractivity contribution in [1.82, 2.24) is 9.97 Å². The summed E-state index contributed by atoms with van der Waals surface area (Å²) in [5.41, 5.74) is 1.09. The van der Waals surface area contributed by atoms with E-state index in [1.54, 1.807) is 0 Å². The molecule has 0 bridgehead atoms. The summed E-state index contributed by atoms with van der Waals surface area (Å²) in [6.07, 6.45) is 3.90. The van der Waals surface area contributed by atoms with E-state index in [1.807, 2.05) is 0 Å². The average molecular weight is 330 g/mol. The molecule has 0 aromatic carbocycles. The van der Waals surface area contributed by atoms with Crippen LogP contribution in [0.1, 0.15) is 31.7 Å². The van der Waals surface area contributed by atoms with Crippen molar-refractivity contribution in [2.45, 2.75) is 38.6 Å². The van der Waals surface area contributed by atoms with Crippen molar-refractivity contribution in [1.29, 1.82) is 0 Å². The number of fused-ring (bicyclic) bond motifs is 1. The van der Waals surface area contributed by atoms with Gasteiger partial charge in [0.1, 0.15) is 5.82 Å². The van der Waals surface area contributed by atoms with Crippen LogP contribution in [0, 0.1) is 11.3 Å². The van der Waals surface area contributed by atoms with E-state index in [9.17, 15) is 9.90 Å². The van der Waals surface area contributed by atoms with E-state index in [-0.39, 0.29) is 11.3 Å². The number of nitrogens with zero attached hydrogens (tertiary/aromatic N) is 4. The summed E-state index contributed by atoms with van der Waals surface area (Å²) in [7, 11) is 0. The summed E-state index contributed by atoms with van der Waals surface area (Å²) in [5.74, 6) is 1.63. The van der Waals surface area contributed by atoms with Crippen molar-refractivity contribution in [3.63, 3.8) is 0 Å². The topological polar surface area (TPSA) is 78.8 Å². The highest BCUT2D eigenvalue weighted by Crippen LogP contribution is 2.59. The van der Waals surface area contributed by atoms with Crippen LogP contribution in [0.5, 0.6) is 5.88 Å². The lowest BCUT2D eigenvalue weighted by Gasteiger charge is -2.44. The number of aromatic nitrogens is 2. The zero-order chi connectivity index (χ0) is 16.5. The lowest BCUT2D eigenvalue weighted by molar-refractivity contribution is -0.139. The van der Waals surface area contributed by atoms with Gasteiger partial charge in [0, 0.05) is 31.1 Å². The van der Waals surface area contributed by atoms with Gasteiger partial charge in [-0.15, -0.1) is 0 Å². The summed E-state index contributed by atoms with van der Waals surface area (Å²) in [6, 6.07) is 0.474. The summed E-state index contributed by atoms with van der Waals surface area (Å²) in [4.78, 5) is 25.2. The molecular formula is C17H22N4O3. The van der Waals surface area contributed by atoms with Crippen LogP contribution < -0.4 is 14.5 Å². The maximum absolute atomic E-state index is 11.2. The number of carbonyl (C=O) groups is 1. The van der Waals surface area contributed by atoms with Crippen molar-refractivity contribution >= 4 is 17.7 Å². The Morgan fingerprint density at radius 2 is 2.21 bits per heavy atom. The molecule has 1 aromatic rings. The fourth-order valence-corrected chi connectivity index (χ4v) is 4.31. The van der Waals surface area contributed by atoms with Crippen LogP contribution in [0.2, 0.25) is 0 Å². The fraction of sp³-hybridized carbons (Fsp3) is 0.706. The lowest BCUT2D eigenvalue weighted by atomic mass is 9.92. The summed E-state index contributed by atoms with van der Waals surface area (Å²) in [5, 5.41) is 9.22. The second-order valence-electron chi connectivity index (χ2n) is 7.73. The van der Waals surface area contributed by atoms with Crippen LogP contribution in [0.4, 0.5) is 11.8 Å². The quantitative estimate of drug-likeness (QED) is 0.895. The van der Waals surface area contributed by atoms with E-state index in [4.69, 9.17) is 9.72 Å². The van der Waals surface area contributed by atoms with Crippen LogP contribution in [0.15, 0.2) is 0 Å². The average Bonchev–Trinajstić information content (AvgIpc) is 3.27. The number of hydrogen-bond donors (Lipinski definition) is 1. The van der Waals surface area contributed by atoms with Crippen LogP contribution in [0.25, 0.3) is 0 Å². The molecule has 1 N–H and O–H groups in total. The summed E-state index contributed by atoms with van der Waals surface area (Å²) >= 11 is 0. The van der Waals surface area contributed by atoms with Crippen molar-refractivity contribution in [2.24, 2.45) is 11.3 Å². The van der Waals surface area contributed by atoms with Crippen molar-refractivity contribution in [2.75, 3.05) is 36.0 Å². The molecule has 24 heavy (non-hydrogen) atoms. The van der Waals surface area contributed by atoms with Crippen LogP contribution in [-0.4, -0.2) is 53.3 Å². The van der Waals surface area contributed by atoms with E-state index < -0.39 is 5.97 Å². The predicted octanol–water partition coefficient (Wildman–Crippen LogP) is 1.31. The van der Waals surface area contributed by atoms with Gasteiger partial charge in [-0.25, -0.2) is 0 Å². The minimum Gasteiger partial charge on any atom is -0.481 e. The number of hydrogen-bond acceptors (Lipinski definition) is 6. The van der Waals surface area contributed by atoms with Crippen molar-refractivity contribution < 1.29 is 14.6 Å². The highest BCUT2D eigenvalue weighted by molar-refractivity contribution is 5.76. The predicted molar refractivity (Wildman–Crippen MR) is 87.7 cm³/mol. The van der Waals surface area contributed by atoms with Crippen LogP contribution in [-0.2, 0) is 11.2 Å². The normalized spacial score (nSPS) is 29.4. The van der Waals surface area contributed by atoms with Gasteiger partial charge in [-0.05, 0) is 32.6 Å². The molecule has 4 heterocycles. The highest BCUT2D eigenvalue weighted by atomic mass is 16.5. The number of aliphatic carboxylic acids is 1. The molecule has 7 heteroatoms. The molecule has 7 nitrogen and oxygen atoms in total. The van der Waals surface area contributed by atoms with Gasteiger partial charge in [-0.3, -0.25) is 4.79 Å². The minimum atomic E-state index is -0.655. The first-order valence-electron chi connectivity index (χ1n) is 8.85. The number of carboxylic acid groups (broad SMARTS) is 1. The second-order valence-corrected chi connectivity index (χ2v) is 7.73. The first-order valence-corrected chi connectivity index (χ1v) is 8.85. The first-order chi connectivity index (χ1) is 11.6. The van der Waals surface area contributed by atoms with Crippen LogP contribution in [0.3, 0.4) is 0 Å². The molecule has 0 radical (unpaired) electrons. The minimum absolute atomic E-state index is 0.0105. The Balaban J connectivity index is 1.45. The van der Waals surface area contributed by atoms with E-state index in [2.05, 4.69) is 21.7 Å². The standard InChI is InChI=1S/C17H22N4O3/c1-10-4-5-21(10)16-18-13(11-3-2-6-24-14(11)19-16)20-8-17(9-20)7-12(17)15(22)23/h10,12H,2-9H2,1H3,(H,22,23)/t10-,12?/m0/s1. The summed E-state index contributed by atoms with van der Waals surface area (Å²) in [6.45, 7) is 5.48. The third-order valence-electron chi connectivity index (χ3n) is 6.12. The molecular weight excluding hydrogens is 308 g/mol. The number of ether oxygens (including phenoxy) is 1. The molecule has 3 aliphatic heterocycles. The SMILES string of the molecule is C[C@H]1CCN1c1nc2c(c(N3CC4(CC4C(=O)O)C3)n1)CCCO2. The molecule has 1 saturated carbocycles. The van der Waals surface area contributed by atoms with Gasteiger partial charge < -0.3 is 19.6 Å². The molecule has 4 aliphatic rings. The maximum Gasteiger partial charge on any atom is 0.307 e. The Kier molecular flexibility index (Phi) is 2.82. The molecule has 128 valence electrons. The Morgan fingerprint density at radius 1 is 1.38 bits per heavy atom. The van der Waals surface area contributed by atoms with Crippen LogP contribution >= 0.6 is 0 Å². The molecule has 3 fully saturated rings. The Hall–Kier alpha value is -2.05. The molecule has 1 unspecified atom stereocenters. The molecule has 1 spiro atoms.